The van der Waals surface area contributed by atoms with Crippen LogP contribution in [0.25, 0.3) is 17.2 Å². The summed E-state index contributed by atoms with van der Waals surface area (Å²) >= 11 is 0. The summed E-state index contributed by atoms with van der Waals surface area (Å²) in [6, 6.07) is 7.81. The van der Waals surface area contributed by atoms with Crippen LogP contribution in [0.4, 0.5) is 0 Å². The van der Waals surface area contributed by atoms with Gasteiger partial charge >= 0.3 is 0 Å². The summed E-state index contributed by atoms with van der Waals surface area (Å²) in [4.78, 5) is 9.06. The van der Waals surface area contributed by atoms with Gasteiger partial charge in [-0.3, -0.25) is 0 Å². The van der Waals surface area contributed by atoms with E-state index in [4.69, 9.17) is 9.84 Å². The average Bonchev–Trinajstić information content (AvgIpc) is 2.86. The molecule has 0 saturated carbocycles. The van der Waals surface area contributed by atoms with Crippen molar-refractivity contribution in [3.8, 4) is 17.1 Å². The first-order valence-corrected chi connectivity index (χ1v) is 7.73. The average molecular weight is 294 g/mol. The zero-order valence-electron chi connectivity index (χ0n) is 12.6. The van der Waals surface area contributed by atoms with E-state index in [2.05, 4.69) is 9.97 Å². The summed E-state index contributed by atoms with van der Waals surface area (Å²) in [7, 11) is 1.66. The molecule has 1 aromatic carbocycles. The van der Waals surface area contributed by atoms with Crippen LogP contribution in [0.15, 0.2) is 30.5 Å². The van der Waals surface area contributed by atoms with Crippen LogP contribution in [0.3, 0.4) is 0 Å². The summed E-state index contributed by atoms with van der Waals surface area (Å²) in [6.45, 7) is 0. The van der Waals surface area contributed by atoms with Gasteiger partial charge in [0.15, 0.2) is 5.82 Å². The molecule has 5 heteroatoms. The van der Waals surface area contributed by atoms with Crippen molar-refractivity contribution in [2.45, 2.75) is 32.1 Å². The molecule has 0 spiro atoms. The van der Waals surface area contributed by atoms with E-state index >= 15 is 0 Å². The van der Waals surface area contributed by atoms with Gasteiger partial charge in [-0.15, -0.1) is 5.10 Å². The van der Waals surface area contributed by atoms with Crippen LogP contribution in [-0.2, 0) is 12.8 Å². The SMILES string of the molecule is COc1ccc(-c2nc3ncc4c(n3n2)CCCCC4)cc1. The zero-order valence-corrected chi connectivity index (χ0v) is 12.6. The highest BCUT2D eigenvalue weighted by Crippen LogP contribution is 2.23. The number of benzene rings is 1. The number of rotatable bonds is 2. The number of ether oxygens (including phenoxy) is 1. The molecule has 0 saturated heterocycles. The maximum atomic E-state index is 5.19. The van der Waals surface area contributed by atoms with Crippen LogP contribution in [-0.4, -0.2) is 26.7 Å². The molecule has 112 valence electrons. The molecule has 22 heavy (non-hydrogen) atoms. The summed E-state index contributed by atoms with van der Waals surface area (Å²) in [5, 5.41) is 4.70. The number of hydrogen-bond donors (Lipinski definition) is 0. The summed E-state index contributed by atoms with van der Waals surface area (Å²) in [5.41, 5.74) is 3.57. The number of aryl methyl sites for hydroxylation is 2. The molecule has 0 amide bonds. The second-order valence-corrected chi connectivity index (χ2v) is 5.67. The van der Waals surface area contributed by atoms with E-state index in [9.17, 15) is 0 Å². The van der Waals surface area contributed by atoms with Gasteiger partial charge in [-0.05, 0) is 55.5 Å². The van der Waals surface area contributed by atoms with Crippen LogP contribution < -0.4 is 4.74 Å². The van der Waals surface area contributed by atoms with Gasteiger partial charge < -0.3 is 4.74 Å². The Labute approximate surface area is 129 Å². The molecule has 2 heterocycles. The predicted octanol–water partition coefficient (Wildman–Crippen LogP) is 3.07. The molecule has 0 bridgehead atoms. The number of aromatic nitrogens is 4. The molecule has 0 radical (unpaired) electrons. The Morgan fingerprint density at radius 2 is 1.86 bits per heavy atom. The van der Waals surface area contributed by atoms with E-state index in [0.717, 1.165) is 24.2 Å². The molecule has 0 fully saturated rings. The Bertz CT molecular complexity index is 807. The summed E-state index contributed by atoms with van der Waals surface area (Å²) in [5.74, 6) is 2.23. The minimum Gasteiger partial charge on any atom is -0.497 e. The predicted molar refractivity (Wildman–Crippen MR) is 84.0 cm³/mol. The molecule has 3 aromatic rings. The smallest absolute Gasteiger partial charge is 0.252 e. The van der Waals surface area contributed by atoms with Crippen molar-refractivity contribution in [1.29, 1.82) is 0 Å². The van der Waals surface area contributed by atoms with Gasteiger partial charge in [-0.2, -0.15) is 4.98 Å². The van der Waals surface area contributed by atoms with Crippen LogP contribution in [0.5, 0.6) is 5.75 Å². The lowest BCUT2D eigenvalue weighted by molar-refractivity contribution is 0.415. The highest BCUT2D eigenvalue weighted by molar-refractivity contribution is 5.58. The lowest BCUT2D eigenvalue weighted by Gasteiger charge is -2.05. The molecular weight excluding hydrogens is 276 g/mol. The van der Waals surface area contributed by atoms with Crippen LogP contribution in [0, 0.1) is 0 Å². The van der Waals surface area contributed by atoms with E-state index in [0.29, 0.717) is 11.6 Å². The van der Waals surface area contributed by atoms with Gasteiger partial charge in [0.25, 0.3) is 5.78 Å². The normalized spacial score (nSPS) is 14.6. The highest BCUT2D eigenvalue weighted by atomic mass is 16.5. The first-order valence-electron chi connectivity index (χ1n) is 7.73. The molecule has 1 aliphatic rings. The van der Waals surface area contributed by atoms with E-state index in [1.54, 1.807) is 7.11 Å². The van der Waals surface area contributed by atoms with Gasteiger partial charge in [0.2, 0.25) is 0 Å². The summed E-state index contributed by atoms with van der Waals surface area (Å²) < 4.78 is 7.12. The van der Waals surface area contributed by atoms with Gasteiger partial charge in [-0.25, -0.2) is 9.50 Å². The fourth-order valence-corrected chi connectivity index (χ4v) is 3.04. The Balaban J connectivity index is 1.81. The standard InChI is InChI=1S/C17H18N4O/c1-22-14-9-7-12(8-10-14)16-19-17-18-11-13-5-3-2-4-6-15(13)21(17)20-16/h7-11H,2-6H2,1H3. The van der Waals surface area contributed by atoms with Crippen molar-refractivity contribution in [1.82, 2.24) is 19.6 Å². The van der Waals surface area contributed by atoms with E-state index in [1.807, 2.05) is 35.0 Å². The quantitative estimate of drug-likeness (QED) is 0.682. The van der Waals surface area contributed by atoms with Crippen LogP contribution in [0.2, 0.25) is 0 Å². The van der Waals surface area contributed by atoms with E-state index in [1.165, 1.54) is 30.5 Å². The van der Waals surface area contributed by atoms with Crippen molar-refractivity contribution in [2.75, 3.05) is 7.11 Å². The van der Waals surface area contributed by atoms with Gasteiger partial charge in [-0.1, -0.05) is 6.42 Å². The second-order valence-electron chi connectivity index (χ2n) is 5.67. The van der Waals surface area contributed by atoms with Gasteiger partial charge in [0, 0.05) is 11.8 Å². The van der Waals surface area contributed by atoms with Crippen molar-refractivity contribution in [2.24, 2.45) is 0 Å². The Morgan fingerprint density at radius 3 is 2.68 bits per heavy atom. The fraction of sp³-hybridized carbons (Fsp3) is 0.353. The Hall–Kier alpha value is -2.43. The lowest BCUT2D eigenvalue weighted by Crippen LogP contribution is -2.04. The van der Waals surface area contributed by atoms with Crippen molar-refractivity contribution in [3.63, 3.8) is 0 Å². The first-order chi connectivity index (χ1) is 10.8. The minimum absolute atomic E-state index is 0.687. The fourth-order valence-electron chi connectivity index (χ4n) is 3.04. The molecule has 5 nitrogen and oxygen atoms in total. The second kappa shape index (κ2) is 5.40. The zero-order chi connectivity index (χ0) is 14.9. The van der Waals surface area contributed by atoms with E-state index in [-0.39, 0.29) is 0 Å². The van der Waals surface area contributed by atoms with Gasteiger partial charge in [0.1, 0.15) is 5.75 Å². The van der Waals surface area contributed by atoms with Crippen molar-refractivity contribution < 1.29 is 4.74 Å². The number of hydrogen-bond acceptors (Lipinski definition) is 4. The third kappa shape index (κ3) is 2.22. The number of methoxy groups -OCH3 is 1. The number of fused-ring (bicyclic) bond motifs is 3. The molecule has 0 N–H and O–H groups in total. The third-order valence-electron chi connectivity index (χ3n) is 4.26. The number of nitrogens with zero attached hydrogens (tertiary/aromatic N) is 4. The Morgan fingerprint density at radius 1 is 1.05 bits per heavy atom. The first kappa shape index (κ1) is 13.2. The Kier molecular flexibility index (Phi) is 3.25. The largest absolute Gasteiger partial charge is 0.497 e. The molecule has 0 unspecified atom stereocenters. The third-order valence-corrected chi connectivity index (χ3v) is 4.26. The highest BCUT2D eigenvalue weighted by Gasteiger charge is 2.16. The van der Waals surface area contributed by atoms with Crippen molar-refractivity contribution in [3.05, 3.63) is 41.7 Å². The molecule has 1 aliphatic carbocycles. The molecular formula is C17H18N4O. The van der Waals surface area contributed by atoms with Crippen LogP contribution in [0.1, 0.15) is 30.5 Å². The topological polar surface area (TPSA) is 52.3 Å². The molecule has 0 aliphatic heterocycles. The molecule has 0 atom stereocenters. The van der Waals surface area contributed by atoms with Crippen LogP contribution >= 0.6 is 0 Å². The maximum absolute atomic E-state index is 5.19. The molecule has 2 aromatic heterocycles. The maximum Gasteiger partial charge on any atom is 0.252 e. The van der Waals surface area contributed by atoms with E-state index < -0.39 is 0 Å². The lowest BCUT2D eigenvalue weighted by atomic mass is 10.1. The minimum atomic E-state index is 0.687. The summed E-state index contributed by atoms with van der Waals surface area (Å²) in [6.07, 6.45) is 7.85. The van der Waals surface area contributed by atoms with Crippen molar-refractivity contribution >= 4 is 5.78 Å². The van der Waals surface area contributed by atoms with Gasteiger partial charge in [0.05, 0.1) is 12.8 Å². The monoisotopic (exact) mass is 294 g/mol. The molecule has 4 rings (SSSR count).